The molecule has 30 heavy (non-hydrogen) atoms. The lowest BCUT2D eigenvalue weighted by atomic mass is 9.87. The Morgan fingerprint density at radius 2 is 1.73 bits per heavy atom. The van der Waals surface area contributed by atoms with Gasteiger partial charge in [-0.05, 0) is 42.9 Å². The van der Waals surface area contributed by atoms with Crippen LogP contribution in [0, 0.1) is 11.8 Å². The van der Waals surface area contributed by atoms with Gasteiger partial charge < -0.3 is 9.64 Å². The number of benzene rings is 1. The van der Waals surface area contributed by atoms with E-state index in [-0.39, 0.29) is 24.0 Å². The Morgan fingerprint density at radius 3 is 2.47 bits per heavy atom. The number of piperazine rings is 1. The quantitative estimate of drug-likeness (QED) is 0.574. The number of amides is 1. The smallest absolute Gasteiger partial charge is 0.230 e. The van der Waals surface area contributed by atoms with Crippen LogP contribution in [0.1, 0.15) is 63.4 Å². The second kappa shape index (κ2) is 10.4. The van der Waals surface area contributed by atoms with Crippen LogP contribution in [0.25, 0.3) is 0 Å². The van der Waals surface area contributed by atoms with Crippen LogP contribution in [0.4, 0.5) is 0 Å². The van der Waals surface area contributed by atoms with Crippen molar-refractivity contribution in [3.05, 3.63) is 29.8 Å². The minimum atomic E-state index is 0.0138. The van der Waals surface area contributed by atoms with E-state index in [1.807, 2.05) is 4.90 Å². The number of Topliss-reactive ketones (excluding diaryl/α,β-unsaturated/α-hetero) is 1. The predicted molar refractivity (Wildman–Crippen MR) is 117 cm³/mol. The zero-order chi connectivity index (χ0) is 20.8. The molecule has 0 unspecified atom stereocenters. The highest BCUT2D eigenvalue weighted by Crippen LogP contribution is 2.31. The normalized spacial score (nSPS) is 20.9. The Labute approximate surface area is 180 Å². The Bertz CT molecular complexity index is 717. The van der Waals surface area contributed by atoms with Crippen molar-refractivity contribution in [2.24, 2.45) is 11.8 Å². The number of hydrogen-bond donors (Lipinski definition) is 0. The Morgan fingerprint density at radius 1 is 0.967 bits per heavy atom. The Balaban J connectivity index is 1.18. The highest BCUT2D eigenvalue weighted by Gasteiger charge is 2.32. The van der Waals surface area contributed by atoms with Crippen molar-refractivity contribution in [3.63, 3.8) is 0 Å². The van der Waals surface area contributed by atoms with Gasteiger partial charge in [0.2, 0.25) is 5.91 Å². The first-order valence-corrected chi connectivity index (χ1v) is 11.9. The maximum absolute atomic E-state index is 12.3. The van der Waals surface area contributed by atoms with E-state index in [2.05, 4.69) is 29.2 Å². The molecule has 0 spiro atoms. The fourth-order valence-electron chi connectivity index (χ4n) is 4.78. The van der Waals surface area contributed by atoms with Crippen LogP contribution in [0.5, 0.6) is 5.75 Å². The molecule has 1 aromatic rings. The van der Waals surface area contributed by atoms with Crippen LogP contribution < -0.4 is 4.74 Å². The SMILES string of the molecule is O=C(CC(=O)N1CCN(Cc2cccc(OCCC3CCCCC3)c2)CC1)C1CC1. The van der Waals surface area contributed by atoms with Crippen LogP contribution in [0.2, 0.25) is 0 Å². The van der Waals surface area contributed by atoms with E-state index < -0.39 is 0 Å². The van der Waals surface area contributed by atoms with Gasteiger partial charge in [-0.2, -0.15) is 0 Å². The van der Waals surface area contributed by atoms with Gasteiger partial charge in [-0.25, -0.2) is 0 Å². The molecule has 1 saturated heterocycles. The van der Waals surface area contributed by atoms with Gasteiger partial charge in [-0.3, -0.25) is 14.5 Å². The molecule has 1 aliphatic heterocycles. The molecule has 0 atom stereocenters. The van der Waals surface area contributed by atoms with Crippen LogP contribution in [0.15, 0.2) is 24.3 Å². The van der Waals surface area contributed by atoms with Crippen molar-refractivity contribution in [1.82, 2.24) is 9.80 Å². The summed E-state index contributed by atoms with van der Waals surface area (Å²) in [6.07, 6.45) is 10.1. The van der Waals surface area contributed by atoms with E-state index >= 15 is 0 Å². The molecule has 2 saturated carbocycles. The van der Waals surface area contributed by atoms with Gasteiger partial charge in [0, 0.05) is 38.6 Å². The van der Waals surface area contributed by atoms with Crippen molar-refractivity contribution in [1.29, 1.82) is 0 Å². The molecule has 1 heterocycles. The molecule has 1 amide bonds. The molecule has 3 aliphatic rings. The minimum Gasteiger partial charge on any atom is -0.494 e. The van der Waals surface area contributed by atoms with E-state index in [4.69, 9.17) is 4.74 Å². The van der Waals surface area contributed by atoms with Crippen molar-refractivity contribution in [2.75, 3.05) is 32.8 Å². The second-order valence-corrected chi connectivity index (χ2v) is 9.36. The van der Waals surface area contributed by atoms with Crippen molar-refractivity contribution in [2.45, 2.75) is 64.3 Å². The Kier molecular flexibility index (Phi) is 7.42. The molecule has 0 bridgehead atoms. The van der Waals surface area contributed by atoms with Crippen LogP contribution >= 0.6 is 0 Å². The summed E-state index contributed by atoms with van der Waals surface area (Å²) in [5.74, 6) is 2.14. The lowest BCUT2D eigenvalue weighted by Gasteiger charge is -2.34. The zero-order valence-electron chi connectivity index (χ0n) is 18.2. The molecule has 0 N–H and O–H groups in total. The first kappa shape index (κ1) is 21.4. The van der Waals surface area contributed by atoms with Crippen molar-refractivity contribution in [3.8, 4) is 5.75 Å². The summed E-state index contributed by atoms with van der Waals surface area (Å²) < 4.78 is 6.05. The van der Waals surface area contributed by atoms with E-state index in [1.54, 1.807) is 0 Å². The Hall–Kier alpha value is -1.88. The highest BCUT2D eigenvalue weighted by molar-refractivity contribution is 6.00. The molecule has 164 valence electrons. The summed E-state index contributed by atoms with van der Waals surface area (Å²) >= 11 is 0. The standard InChI is InChI=1S/C25H36N2O3/c28-24(22-9-10-22)18-25(29)27-14-12-26(13-15-27)19-21-7-4-8-23(17-21)30-16-11-20-5-2-1-3-6-20/h4,7-8,17,20,22H,1-3,5-6,9-16,18-19H2. The van der Waals surface area contributed by atoms with Gasteiger partial charge in [0.25, 0.3) is 0 Å². The molecular formula is C25H36N2O3. The predicted octanol–water partition coefficient (Wildman–Crippen LogP) is 4.05. The van der Waals surface area contributed by atoms with E-state index in [0.717, 1.165) is 50.8 Å². The van der Waals surface area contributed by atoms with Crippen molar-refractivity contribution < 1.29 is 14.3 Å². The van der Waals surface area contributed by atoms with Crippen LogP contribution in [-0.2, 0) is 16.1 Å². The van der Waals surface area contributed by atoms with Gasteiger partial charge in [0.05, 0.1) is 13.0 Å². The lowest BCUT2D eigenvalue weighted by molar-refractivity contribution is -0.137. The van der Waals surface area contributed by atoms with Crippen LogP contribution in [0.3, 0.4) is 0 Å². The van der Waals surface area contributed by atoms with Gasteiger partial charge in [-0.15, -0.1) is 0 Å². The molecule has 0 aromatic heterocycles. The third-order valence-electron chi connectivity index (χ3n) is 6.91. The number of carbonyl (C=O) groups excluding carboxylic acids is 2. The molecule has 3 fully saturated rings. The number of hydrogen-bond acceptors (Lipinski definition) is 4. The maximum Gasteiger partial charge on any atom is 0.230 e. The van der Waals surface area contributed by atoms with E-state index in [9.17, 15) is 9.59 Å². The number of nitrogens with zero attached hydrogens (tertiary/aromatic N) is 2. The van der Waals surface area contributed by atoms with Crippen molar-refractivity contribution >= 4 is 11.7 Å². The summed E-state index contributed by atoms with van der Waals surface area (Å²) in [6.45, 7) is 4.84. The summed E-state index contributed by atoms with van der Waals surface area (Å²) in [7, 11) is 0. The minimum absolute atomic E-state index is 0.0138. The summed E-state index contributed by atoms with van der Waals surface area (Å²) in [4.78, 5) is 28.5. The molecule has 5 heteroatoms. The van der Waals surface area contributed by atoms with Gasteiger partial charge in [0.1, 0.15) is 11.5 Å². The first-order chi connectivity index (χ1) is 14.7. The molecule has 1 aromatic carbocycles. The third-order valence-corrected chi connectivity index (χ3v) is 6.91. The highest BCUT2D eigenvalue weighted by atomic mass is 16.5. The zero-order valence-corrected chi connectivity index (χ0v) is 18.2. The lowest BCUT2D eigenvalue weighted by Crippen LogP contribution is -2.48. The van der Waals surface area contributed by atoms with Gasteiger partial charge >= 0.3 is 0 Å². The molecule has 4 rings (SSSR count). The average Bonchev–Trinajstić information content (AvgIpc) is 3.61. The average molecular weight is 413 g/mol. The number of rotatable bonds is 9. The first-order valence-electron chi connectivity index (χ1n) is 11.9. The number of ether oxygens (including phenoxy) is 1. The third kappa shape index (κ3) is 6.31. The van der Waals surface area contributed by atoms with E-state index in [1.165, 1.54) is 44.1 Å². The summed E-state index contributed by atoms with van der Waals surface area (Å²) in [5, 5.41) is 0. The van der Waals surface area contributed by atoms with Gasteiger partial charge in [-0.1, -0.05) is 44.2 Å². The number of carbonyl (C=O) groups is 2. The van der Waals surface area contributed by atoms with Gasteiger partial charge in [0.15, 0.2) is 0 Å². The fourth-order valence-corrected chi connectivity index (χ4v) is 4.78. The maximum atomic E-state index is 12.3. The molecule has 5 nitrogen and oxygen atoms in total. The second-order valence-electron chi connectivity index (χ2n) is 9.36. The summed E-state index contributed by atoms with van der Waals surface area (Å²) in [6, 6.07) is 8.44. The largest absolute Gasteiger partial charge is 0.494 e. The fraction of sp³-hybridized carbons (Fsp3) is 0.680. The monoisotopic (exact) mass is 412 g/mol. The van der Waals surface area contributed by atoms with E-state index in [0.29, 0.717) is 13.1 Å². The molecular weight excluding hydrogens is 376 g/mol. The number of ketones is 1. The molecule has 0 radical (unpaired) electrons. The topological polar surface area (TPSA) is 49.9 Å². The summed E-state index contributed by atoms with van der Waals surface area (Å²) in [5.41, 5.74) is 1.26. The van der Waals surface area contributed by atoms with Crippen LogP contribution in [-0.4, -0.2) is 54.3 Å². The molecule has 2 aliphatic carbocycles.